The molecule has 0 radical (unpaired) electrons. The Balaban J connectivity index is 2.18. The van der Waals surface area contributed by atoms with E-state index in [4.69, 9.17) is 11.6 Å². The van der Waals surface area contributed by atoms with Gasteiger partial charge in [0.15, 0.2) is 0 Å². The van der Waals surface area contributed by atoms with Gasteiger partial charge in [-0.1, -0.05) is 31.5 Å². The van der Waals surface area contributed by atoms with Gasteiger partial charge in [-0.2, -0.15) is 0 Å². The third kappa shape index (κ3) is 2.70. The van der Waals surface area contributed by atoms with E-state index in [9.17, 15) is 9.50 Å². The Labute approximate surface area is 113 Å². The number of aliphatic hydroxyl groups is 1. The average Bonchev–Trinajstić information content (AvgIpc) is 2.29. The van der Waals surface area contributed by atoms with Crippen LogP contribution >= 0.6 is 11.6 Å². The summed E-state index contributed by atoms with van der Waals surface area (Å²) < 4.78 is 13.9. The Hall–Kier alpha value is -0.600. The average molecular weight is 271 g/mol. The van der Waals surface area contributed by atoms with Crippen molar-refractivity contribution in [3.63, 3.8) is 0 Å². The molecule has 0 amide bonds. The zero-order valence-corrected chi connectivity index (χ0v) is 11.7. The molecule has 0 aliphatic heterocycles. The lowest BCUT2D eigenvalue weighted by molar-refractivity contribution is -0.0226. The van der Waals surface area contributed by atoms with Crippen LogP contribution in [0.5, 0.6) is 0 Å². The predicted octanol–water partition coefficient (Wildman–Crippen LogP) is 4.51. The van der Waals surface area contributed by atoms with Gasteiger partial charge in [-0.25, -0.2) is 4.39 Å². The van der Waals surface area contributed by atoms with Crippen molar-refractivity contribution in [3.05, 3.63) is 34.6 Å². The minimum Gasteiger partial charge on any atom is -0.385 e. The number of hydrogen-bond donors (Lipinski definition) is 1. The molecule has 0 saturated heterocycles. The van der Waals surface area contributed by atoms with Crippen molar-refractivity contribution in [2.75, 3.05) is 0 Å². The summed E-state index contributed by atoms with van der Waals surface area (Å²) in [6.07, 6.45) is 3.18. The van der Waals surface area contributed by atoms with Gasteiger partial charge >= 0.3 is 0 Å². The summed E-state index contributed by atoms with van der Waals surface area (Å²) >= 11 is 5.74. The summed E-state index contributed by atoms with van der Waals surface area (Å²) in [6.45, 7) is 4.41. The largest absolute Gasteiger partial charge is 0.385 e. The van der Waals surface area contributed by atoms with Crippen LogP contribution in [0.15, 0.2) is 18.2 Å². The maximum absolute atomic E-state index is 13.9. The second-order valence-corrected chi connectivity index (χ2v) is 6.17. The van der Waals surface area contributed by atoms with E-state index in [-0.39, 0.29) is 0 Å². The van der Waals surface area contributed by atoms with Gasteiger partial charge in [-0.05, 0) is 49.7 Å². The van der Waals surface area contributed by atoms with Crippen LogP contribution in [0.3, 0.4) is 0 Å². The molecule has 1 fully saturated rings. The quantitative estimate of drug-likeness (QED) is 0.838. The molecule has 1 saturated carbocycles. The van der Waals surface area contributed by atoms with Gasteiger partial charge in [0.05, 0.1) is 5.60 Å². The lowest BCUT2D eigenvalue weighted by Crippen LogP contribution is -2.33. The molecule has 0 heterocycles. The van der Waals surface area contributed by atoms with Crippen LogP contribution in [0.25, 0.3) is 0 Å². The highest BCUT2D eigenvalue weighted by atomic mass is 35.5. The Morgan fingerprint density at radius 1 is 1.33 bits per heavy atom. The lowest BCUT2D eigenvalue weighted by atomic mass is 9.72. The third-order valence-corrected chi connectivity index (χ3v) is 4.47. The molecule has 100 valence electrons. The standard InChI is InChI=1S/C15H20ClFO/c1-10(2)11-5-7-15(18,8-6-11)13-4-3-12(16)9-14(13)17/h3-4,9-11,18H,5-8H2,1-2H3. The van der Waals surface area contributed by atoms with Crippen LogP contribution in [-0.4, -0.2) is 5.11 Å². The maximum atomic E-state index is 13.9. The Morgan fingerprint density at radius 3 is 2.44 bits per heavy atom. The lowest BCUT2D eigenvalue weighted by Gasteiger charge is -2.38. The van der Waals surface area contributed by atoms with E-state index in [1.54, 1.807) is 12.1 Å². The minimum absolute atomic E-state index is 0.371. The SMILES string of the molecule is CC(C)C1CCC(O)(c2ccc(Cl)cc2F)CC1. The van der Waals surface area contributed by atoms with E-state index < -0.39 is 11.4 Å². The van der Waals surface area contributed by atoms with Crippen LogP contribution < -0.4 is 0 Å². The first-order valence-electron chi connectivity index (χ1n) is 6.60. The summed E-state index contributed by atoms with van der Waals surface area (Å²) in [7, 11) is 0. The van der Waals surface area contributed by atoms with Crippen molar-refractivity contribution in [1.82, 2.24) is 0 Å². The number of benzene rings is 1. The van der Waals surface area contributed by atoms with Crippen LogP contribution in [0.1, 0.15) is 45.1 Å². The van der Waals surface area contributed by atoms with Gasteiger partial charge in [-0.3, -0.25) is 0 Å². The molecule has 1 nitrogen and oxygen atoms in total. The highest BCUT2D eigenvalue weighted by Crippen LogP contribution is 2.42. The van der Waals surface area contributed by atoms with Gasteiger partial charge in [0, 0.05) is 10.6 Å². The second kappa shape index (κ2) is 5.18. The fraction of sp³-hybridized carbons (Fsp3) is 0.600. The van der Waals surface area contributed by atoms with Crippen LogP contribution in [-0.2, 0) is 5.60 Å². The number of halogens is 2. The molecule has 3 heteroatoms. The van der Waals surface area contributed by atoms with E-state index in [1.165, 1.54) is 6.07 Å². The van der Waals surface area contributed by atoms with Crippen molar-refractivity contribution in [2.24, 2.45) is 11.8 Å². The van der Waals surface area contributed by atoms with Gasteiger partial charge in [0.2, 0.25) is 0 Å². The molecule has 1 aliphatic rings. The van der Waals surface area contributed by atoms with Gasteiger partial charge in [-0.15, -0.1) is 0 Å². The molecule has 1 aromatic rings. The number of hydrogen-bond acceptors (Lipinski definition) is 1. The van der Waals surface area contributed by atoms with Crippen molar-refractivity contribution >= 4 is 11.6 Å². The Bertz CT molecular complexity index is 423. The smallest absolute Gasteiger partial charge is 0.130 e. The van der Waals surface area contributed by atoms with Gasteiger partial charge in [0.25, 0.3) is 0 Å². The first kappa shape index (κ1) is 13.8. The third-order valence-electron chi connectivity index (χ3n) is 4.23. The highest BCUT2D eigenvalue weighted by Gasteiger charge is 2.37. The Kier molecular flexibility index (Phi) is 3.98. The van der Waals surface area contributed by atoms with E-state index >= 15 is 0 Å². The minimum atomic E-state index is -1.01. The summed E-state index contributed by atoms with van der Waals surface area (Å²) in [5.41, 5.74) is -0.617. The highest BCUT2D eigenvalue weighted by molar-refractivity contribution is 6.30. The fourth-order valence-electron chi connectivity index (χ4n) is 2.92. The van der Waals surface area contributed by atoms with Crippen molar-refractivity contribution in [1.29, 1.82) is 0 Å². The van der Waals surface area contributed by atoms with E-state index in [2.05, 4.69) is 13.8 Å². The van der Waals surface area contributed by atoms with E-state index in [1.807, 2.05) is 0 Å². The van der Waals surface area contributed by atoms with E-state index in [0.717, 1.165) is 12.8 Å². The van der Waals surface area contributed by atoms with Gasteiger partial charge < -0.3 is 5.11 Å². The molecule has 0 atom stereocenters. The molecule has 2 rings (SSSR count). The molecular weight excluding hydrogens is 251 g/mol. The van der Waals surface area contributed by atoms with E-state index in [0.29, 0.717) is 35.3 Å². The first-order chi connectivity index (χ1) is 8.42. The first-order valence-corrected chi connectivity index (χ1v) is 6.98. The predicted molar refractivity (Wildman–Crippen MR) is 72.1 cm³/mol. The van der Waals surface area contributed by atoms with Crippen LogP contribution in [0.4, 0.5) is 4.39 Å². The summed E-state index contributed by atoms with van der Waals surface area (Å²) in [5, 5.41) is 11.0. The summed E-state index contributed by atoms with van der Waals surface area (Å²) in [4.78, 5) is 0. The number of rotatable bonds is 2. The molecule has 1 N–H and O–H groups in total. The van der Waals surface area contributed by atoms with Crippen molar-refractivity contribution in [3.8, 4) is 0 Å². The molecule has 1 aromatic carbocycles. The zero-order chi connectivity index (χ0) is 13.3. The molecule has 18 heavy (non-hydrogen) atoms. The molecule has 0 spiro atoms. The molecule has 0 bridgehead atoms. The van der Waals surface area contributed by atoms with Gasteiger partial charge in [0.1, 0.15) is 5.82 Å². The Morgan fingerprint density at radius 2 is 1.94 bits per heavy atom. The summed E-state index contributed by atoms with van der Waals surface area (Å²) in [5.74, 6) is 0.873. The second-order valence-electron chi connectivity index (χ2n) is 5.74. The maximum Gasteiger partial charge on any atom is 0.130 e. The molecule has 0 unspecified atom stereocenters. The normalized spacial score (nSPS) is 28.7. The van der Waals surface area contributed by atoms with Crippen LogP contribution in [0.2, 0.25) is 5.02 Å². The van der Waals surface area contributed by atoms with Crippen LogP contribution in [0, 0.1) is 17.7 Å². The molecule has 0 aromatic heterocycles. The monoisotopic (exact) mass is 270 g/mol. The summed E-state index contributed by atoms with van der Waals surface area (Å²) in [6, 6.07) is 4.54. The fourth-order valence-corrected chi connectivity index (χ4v) is 3.08. The zero-order valence-electron chi connectivity index (χ0n) is 10.9. The van der Waals surface area contributed by atoms with Crippen molar-refractivity contribution < 1.29 is 9.50 Å². The topological polar surface area (TPSA) is 20.2 Å². The van der Waals surface area contributed by atoms with Crippen molar-refractivity contribution in [2.45, 2.75) is 45.1 Å². The molecule has 1 aliphatic carbocycles. The molecular formula is C15H20ClFO.